The fourth-order valence-corrected chi connectivity index (χ4v) is 6.02. The number of nitrogens with zero attached hydrogens (tertiary/aromatic N) is 2. The van der Waals surface area contributed by atoms with Crippen LogP contribution in [0.15, 0.2) is 18.2 Å². The van der Waals surface area contributed by atoms with Gasteiger partial charge >= 0.3 is 0 Å². The molecule has 1 amide bonds. The molecule has 2 aliphatic carbocycles. The molecule has 37 heavy (non-hydrogen) atoms. The lowest BCUT2D eigenvalue weighted by Gasteiger charge is -2.28. The Morgan fingerprint density at radius 3 is 2.54 bits per heavy atom. The summed E-state index contributed by atoms with van der Waals surface area (Å²) in [5.41, 5.74) is 0.215. The minimum absolute atomic E-state index is 0.0172. The number of nitrogens with one attached hydrogen (secondary N) is 2. The average Bonchev–Trinajstić information content (AvgIpc) is 3.56. The van der Waals surface area contributed by atoms with E-state index in [4.69, 9.17) is 9.47 Å². The molecule has 1 aromatic heterocycles. The highest BCUT2D eigenvalue weighted by Gasteiger charge is 2.45. The van der Waals surface area contributed by atoms with E-state index in [-0.39, 0.29) is 23.4 Å². The maximum Gasteiger partial charge on any atom is 0.273 e. The molecule has 1 saturated heterocycles. The highest BCUT2D eigenvalue weighted by atomic mass is 19.3. The number of ether oxygens (including phenoxy) is 2. The Kier molecular flexibility index (Phi) is 6.91. The number of benzene rings is 1. The second-order valence-electron chi connectivity index (χ2n) is 10.7. The first-order valence-electron chi connectivity index (χ1n) is 12.9. The van der Waals surface area contributed by atoms with E-state index in [1.165, 1.54) is 12.1 Å². The van der Waals surface area contributed by atoms with Gasteiger partial charge in [-0.25, -0.2) is 23.1 Å². The molecule has 0 spiro atoms. The molecule has 10 heteroatoms. The van der Waals surface area contributed by atoms with E-state index in [2.05, 4.69) is 20.6 Å². The van der Waals surface area contributed by atoms with Crippen molar-refractivity contribution in [2.75, 3.05) is 18.5 Å². The second kappa shape index (κ2) is 9.87. The number of rotatable bonds is 8. The highest BCUT2D eigenvalue weighted by molar-refractivity contribution is 5.80. The van der Waals surface area contributed by atoms with Crippen LogP contribution in [0.1, 0.15) is 86.5 Å². The first-order valence-corrected chi connectivity index (χ1v) is 12.9. The van der Waals surface area contributed by atoms with E-state index >= 15 is 4.39 Å². The first-order chi connectivity index (χ1) is 17.5. The fourth-order valence-electron chi connectivity index (χ4n) is 6.02. The van der Waals surface area contributed by atoms with Gasteiger partial charge in [0.25, 0.3) is 5.92 Å². The van der Waals surface area contributed by atoms with Crippen molar-refractivity contribution >= 4 is 11.7 Å². The van der Waals surface area contributed by atoms with Gasteiger partial charge in [-0.05, 0) is 51.9 Å². The molecule has 1 aromatic carbocycles. The summed E-state index contributed by atoms with van der Waals surface area (Å²) < 4.78 is 54.4. The van der Waals surface area contributed by atoms with Crippen molar-refractivity contribution in [2.24, 2.45) is 5.92 Å². The van der Waals surface area contributed by atoms with Crippen molar-refractivity contribution in [2.45, 2.75) is 83.1 Å². The van der Waals surface area contributed by atoms with Crippen LogP contribution in [-0.2, 0) is 26.6 Å². The summed E-state index contributed by atoms with van der Waals surface area (Å²) in [7, 11) is 0. The fraction of sp³-hybridized carbons (Fsp3) is 0.593. The molecular formula is C27H33F3N4O3. The summed E-state index contributed by atoms with van der Waals surface area (Å²) in [6, 6.07) is 3.23. The van der Waals surface area contributed by atoms with Crippen LogP contribution in [0, 0.1) is 18.7 Å². The molecule has 3 aliphatic rings. The molecule has 200 valence electrons. The first kappa shape index (κ1) is 25.9. The van der Waals surface area contributed by atoms with Gasteiger partial charge in [0, 0.05) is 18.0 Å². The number of aryl methyl sites for hydroxylation is 1. The van der Waals surface area contributed by atoms with Gasteiger partial charge in [-0.2, -0.15) is 0 Å². The number of alkyl halides is 2. The third-order valence-electron chi connectivity index (χ3n) is 7.79. The Morgan fingerprint density at radius 2 is 1.92 bits per heavy atom. The van der Waals surface area contributed by atoms with Crippen LogP contribution < -0.4 is 10.6 Å². The quantitative estimate of drug-likeness (QED) is 0.497. The number of fused-ring (bicyclic) bond motifs is 2. The number of aromatic nitrogens is 2. The third-order valence-corrected chi connectivity index (χ3v) is 7.79. The number of amides is 1. The molecule has 2 saturated carbocycles. The minimum atomic E-state index is -3.32. The Hall–Kier alpha value is -2.72. The molecule has 1 unspecified atom stereocenters. The lowest BCUT2D eigenvalue weighted by atomic mass is 9.93. The van der Waals surface area contributed by atoms with Gasteiger partial charge in [-0.1, -0.05) is 18.2 Å². The Bertz CT molecular complexity index is 1170. The van der Waals surface area contributed by atoms with Crippen LogP contribution in [0.4, 0.5) is 19.0 Å². The van der Waals surface area contributed by atoms with Crippen LogP contribution in [0.3, 0.4) is 0 Å². The van der Waals surface area contributed by atoms with Crippen LogP contribution in [0.25, 0.3) is 0 Å². The van der Waals surface area contributed by atoms with Gasteiger partial charge in [0.15, 0.2) is 6.29 Å². The van der Waals surface area contributed by atoms with E-state index in [9.17, 15) is 13.6 Å². The summed E-state index contributed by atoms with van der Waals surface area (Å²) in [6.45, 7) is 4.77. The molecule has 1 aliphatic heterocycles. The summed E-state index contributed by atoms with van der Waals surface area (Å²) >= 11 is 0. The largest absolute Gasteiger partial charge is 0.363 e. The SMILES string of the molecule is Cc1nc(CC(=O)NC23CCC(CC2)C3)c(C2OCCO2)c(NC(C)c2cccc(C(C)(F)F)c2F)n1. The summed E-state index contributed by atoms with van der Waals surface area (Å²) in [4.78, 5) is 22.2. The normalized spacial score (nSPS) is 24.4. The maximum atomic E-state index is 15.1. The van der Waals surface area contributed by atoms with Crippen LogP contribution in [0.5, 0.6) is 0 Å². The highest BCUT2D eigenvalue weighted by Crippen LogP contribution is 2.47. The predicted octanol–water partition coefficient (Wildman–Crippen LogP) is 5.25. The average molecular weight is 519 g/mol. The summed E-state index contributed by atoms with van der Waals surface area (Å²) in [5, 5.41) is 6.41. The van der Waals surface area contributed by atoms with Crippen LogP contribution >= 0.6 is 0 Å². The van der Waals surface area contributed by atoms with E-state index in [1.54, 1.807) is 13.8 Å². The zero-order valence-electron chi connectivity index (χ0n) is 21.4. The zero-order chi connectivity index (χ0) is 26.4. The molecule has 2 aromatic rings. The molecule has 0 radical (unpaired) electrons. The number of hydrogen-bond acceptors (Lipinski definition) is 6. The Labute approximate surface area is 214 Å². The molecule has 7 nitrogen and oxygen atoms in total. The van der Waals surface area contributed by atoms with Gasteiger partial charge in [-0.3, -0.25) is 4.79 Å². The summed E-state index contributed by atoms with van der Waals surface area (Å²) in [6.07, 6.45) is 4.54. The number of anilines is 1. The van der Waals surface area contributed by atoms with Gasteiger partial charge < -0.3 is 20.1 Å². The Balaban J connectivity index is 1.44. The van der Waals surface area contributed by atoms with E-state index < -0.39 is 29.6 Å². The van der Waals surface area contributed by atoms with Gasteiger partial charge in [0.1, 0.15) is 17.5 Å². The van der Waals surface area contributed by atoms with E-state index in [0.29, 0.717) is 49.0 Å². The van der Waals surface area contributed by atoms with Crippen LogP contribution in [0.2, 0.25) is 0 Å². The molecule has 1 atom stereocenters. The van der Waals surface area contributed by atoms with Crippen molar-refractivity contribution < 1.29 is 27.4 Å². The van der Waals surface area contributed by atoms with Crippen molar-refractivity contribution in [1.29, 1.82) is 0 Å². The minimum Gasteiger partial charge on any atom is -0.363 e. The molecule has 3 fully saturated rings. The lowest BCUT2D eigenvalue weighted by Crippen LogP contribution is -2.45. The van der Waals surface area contributed by atoms with Crippen molar-refractivity contribution in [3.8, 4) is 0 Å². The lowest BCUT2D eigenvalue weighted by molar-refractivity contribution is -0.122. The second-order valence-corrected chi connectivity index (χ2v) is 10.7. The molecular weight excluding hydrogens is 485 g/mol. The number of halogens is 3. The standard InChI is InChI=1S/C27H33F3N4O3/c1-15(18-5-4-6-19(23(18)28)26(3,29)30)31-24-22(25-36-11-12-37-25)20(32-16(2)33-24)13-21(35)34-27-9-7-17(14-27)8-10-27/h4-6,15,17,25H,7-14H2,1-3H3,(H,34,35)(H,31,32,33). The monoisotopic (exact) mass is 518 g/mol. The van der Waals surface area contributed by atoms with Crippen molar-refractivity contribution in [3.63, 3.8) is 0 Å². The smallest absolute Gasteiger partial charge is 0.273 e. The molecule has 2 heterocycles. The maximum absolute atomic E-state index is 15.1. The van der Waals surface area contributed by atoms with Crippen molar-refractivity contribution in [3.05, 3.63) is 52.2 Å². The Morgan fingerprint density at radius 1 is 1.22 bits per heavy atom. The number of hydrogen-bond donors (Lipinski definition) is 2. The number of carbonyl (C=O) groups excluding carboxylic acids is 1. The number of carbonyl (C=O) groups is 1. The topological polar surface area (TPSA) is 85.4 Å². The molecule has 2 bridgehead atoms. The van der Waals surface area contributed by atoms with E-state index in [0.717, 1.165) is 38.2 Å². The third kappa shape index (κ3) is 5.31. The van der Waals surface area contributed by atoms with Gasteiger partial charge in [-0.15, -0.1) is 0 Å². The predicted molar refractivity (Wildman–Crippen MR) is 131 cm³/mol. The zero-order valence-corrected chi connectivity index (χ0v) is 21.4. The van der Waals surface area contributed by atoms with Crippen LogP contribution in [-0.4, -0.2) is 34.6 Å². The summed E-state index contributed by atoms with van der Waals surface area (Å²) in [5.74, 6) is -2.98. The van der Waals surface area contributed by atoms with Gasteiger partial charge in [0.2, 0.25) is 5.91 Å². The molecule has 2 N–H and O–H groups in total. The van der Waals surface area contributed by atoms with E-state index in [1.807, 2.05) is 0 Å². The van der Waals surface area contributed by atoms with Crippen molar-refractivity contribution in [1.82, 2.24) is 15.3 Å². The molecule has 5 rings (SSSR count). The van der Waals surface area contributed by atoms with Gasteiger partial charge in [0.05, 0.1) is 42.5 Å².